The number of nitriles is 2. The topological polar surface area (TPSA) is 170 Å². The summed E-state index contributed by atoms with van der Waals surface area (Å²) in [6.45, 7) is 27.5. The molecule has 3 heterocycles. The molecular weight excluding hydrogens is 550 g/mol. The molecule has 4 aromatic rings. The highest BCUT2D eigenvalue weighted by Gasteiger charge is 2.25. The summed E-state index contributed by atoms with van der Waals surface area (Å²) in [5.74, 6) is 0.909. The van der Waals surface area contributed by atoms with E-state index in [1.54, 1.807) is 20.8 Å². The first-order chi connectivity index (χ1) is 20.9. The maximum atomic E-state index is 8.56. The van der Waals surface area contributed by atoms with E-state index in [-0.39, 0.29) is 23.0 Å². The van der Waals surface area contributed by atoms with Gasteiger partial charge >= 0.3 is 0 Å². The zero-order valence-corrected chi connectivity index (χ0v) is 25.5. The van der Waals surface area contributed by atoms with Crippen LogP contribution in [0.4, 0.5) is 11.6 Å². The first kappa shape index (κ1) is 32.2. The van der Waals surface area contributed by atoms with Crippen LogP contribution in [0, 0.1) is 89.7 Å². The van der Waals surface area contributed by atoms with Crippen molar-refractivity contribution in [3.05, 3.63) is 115 Å². The fourth-order valence-electron chi connectivity index (χ4n) is 4.44. The van der Waals surface area contributed by atoms with E-state index >= 15 is 0 Å². The van der Waals surface area contributed by atoms with Crippen molar-refractivity contribution in [3.8, 4) is 23.4 Å². The minimum Gasteiger partial charge on any atom is -0.383 e. The third-order valence-electron chi connectivity index (χ3n) is 7.22. The molecule has 0 saturated heterocycles. The number of rotatable bonds is 1. The monoisotopic (exact) mass is 579 g/mol. The maximum Gasteiger partial charge on any atom is 0.294 e. The second-order valence-corrected chi connectivity index (χ2v) is 9.81. The molecule has 2 aromatic heterocycles. The summed E-state index contributed by atoms with van der Waals surface area (Å²) in [7, 11) is 0. The van der Waals surface area contributed by atoms with Crippen molar-refractivity contribution in [1.29, 1.82) is 15.9 Å². The highest BCUT2D eigenvalue weighted by molar-refractivity contribution is 6.22. The molecule has 0 saturated carbocycles. The zero-order chi connectivity index (χ0) is 32.7. The summed E-state index contributed by atoms with van der Waals surface area (Å²) >= 11 is 0. The molecule has 0 radical (unpaired) electrons. The molecule has 0 atom stereocenters. The van der Waals surface area contributed by atoms with E-state index in [9.17, 15) is 0 Å². The van der Waals surface area contributed by atoms with Gasteiger partial charge in [-0.05, 0) is 63.8 Å². The van der Waals surface area contributed by atoms with Crippen LogP contribution in [0.25, 0.3) is 20.9 Å². The predicted octanol–water partition coefficient (Wildman–Crippen LogP) is 6.35. The molecule has 0 fully saturated rings. The van der Waals surface area contributed by atoms with Crippen LogP contribution in [-0.4, -0.2) is 31.6 Å². The van der Waals surface area contributed by atoms with Crippen molar-refractivity contribution in [2.75, 3.05) is 0 Å². The number of aliphatic imine (C=N–C) groups is 1. The van der Waals surface area contributed by atoms with Crippen LogP contribution in [0.1, 0.15) is 61.9 Å². The molecule has 0 spiro atoms. The van der Waals surface area contributed by atoms with Gasteiger partial charge in [0.05, 0.1) is 11.4 Å². The highest BCUT2D eigenvalue weighted by atomic mass is 15.0. The van der Waals surface area contributed by atoms with Gasteiger partial charge in [-0.3, -0.25) is 5.41 Å². The third kappa shape index (κ3) is 6.44. The van der Waals surface area contributed by atoms with Crippen LogP contribution in [0.5, 0.6) is 0 Å². The lowest BCUT2D eigenvalue weighted by molar-refractivity contribution is 1.01. The number of fused-ring (bicyclic) bond motifs is 1. The molecule has 1 aliphatic heterocycles. The van der Waals surface area contributed by atoms with Gasteiger partial charge in [0, 0.05) is 23.6 Å². The SMILES string of the molecule is Cc1c(C)c(C)c2c(c1C)C(=N)N=C2N.Cc1nc(C#N)c(C#N)nc1C.[C-]#[N+]c1nc(C)c(-c2ccccc2)nc1[N+]#[C-]. The Morgan fingerprint density at radius 2 is 1.16 bits per heavy atom. The lowest BCUT2D eigenvalue weighted by Gasteiger charge is -2.14. The summed E-state index contributed by atoms with van der Waals surface area (Å²) in [6.07, 6.45) is 0. The largest absolute Gasteiger partial charge is 0.383 e. The van der Waals surface area contributed by atoms with Gasteiger partial charge in [0.1, 0.15) is 18.0 Å². The van der Waals surface area contributed by atoms with E-state index in [1.807, 2.05) is 56.3 Å². The van der Waals surface area contributed by atoms with Gasteiger partial charge in [-0.25, -0.2) is 15.0 Å². The van der Waals surface area contributed by atoms with Crippen LogP contribution < -0.4 is 5.73 Å². The number of hydrogen-bond acceptors (Lipinski definition) is 8. The second-order valence-electron chi connectivity index (χ2n) is 9.81. The van der Waals surface area contributed by atoms with Crippen molar-refractivity contribution >= 4 is 23.3 Å². The first-order valence-corrected chi connectivity index (χ1v) is 13.3. The number of nitrogens with zero attached hydrogens (tertiary/aromatic N) is 9. The van der Waals surface area contributed by atoms with E-state index in [0.29, 0.717) is 34.4 Å². The average molecular weight is 580 g/mol. The Kier molecular flexibility index (Phi) is 9.94. The number of hydrogen-bond donors (Lipinski definition) is 2. The van der Waals surface area contributed by atoms with Crippen molar-refractivity contribution in [1.82, 2.24) is 19.9 Å². The molecule has 0 unspecified atom stereocenters. The summed E-state index contributed by atoms with van der Waals surface area (Å²) in [6, 6.07) is 13.2. The number of benzene rings is 2. The van der Waals surface area contributed by atoms with Crippen LogP contribution in [0.3, 0.4) is 0 Å². The molecule has 11 heteroatoms. The lowest BCUT2D eigenvalue weighted by Crippen LogP contribution is -2.14. The van der Waals surface area contributed by atoms with Gasteiger partial charge in [0.2, 0.25) is 5.69 Å². The minimum atomic E-state index is 0.0597. The average Bonchev–Trinajstić information content (AvgIpc) is 3.34. The number of aromatic nitrogens is 4. The Morgan fingerprint density at radius 3 is 1.64 bits per heavy atom. The Bertz CT molecular complexity index is 1960. The normalized spacial score (nSPS) is 10.8. The molecule has 3 N–H and O–H groups in total. The zero-order valence-electron chi connectivity index (χ0n) is 25.5. The Morgan fingerprint density at radius 1 is 0.682 bits per heavy atom. The minimum absolute atomic E-state index is 0.0597. The van der Waals surface area contributed by atoms with Gasteiger partial charge in [-0.15, -0.1) is 9.97 Å². The fraction of sp³-hybridized carbons (Fsp3) is 0.212. The third-order valence-corrected chi connectivity index (χ3v) is 7.22. The number of nitrogens with two attached hydrogens (primary N) is 1. The molecule has 11 nitrogen and oxygen atoms in total. The second kappa shape index (κ2) is 13.6. The van der Waals surface area contributed by atoms with Crippen LogP contribution in [-0.2, 0) is 0 Å². The summed E-state index contributed by atoms with van der Waals surface area (Å²) < 4.78 is 0. The predicted molar refractivity (Wildman–Crippen MR) is 169 cm³/mol. The quantitative estimate of drug-likeness (QED) is 0.247. The fourth-order valence-corrected chi connectivity index (χ4v) is 4.44. The number of aryl methyl sites for hydroxylation is 3. The van der Waals surface area contributed by atoms with E-state index in [2.05, 4.69) is 48.5 Å². The van der Waals surface area contributed by atoms with Gasteiger partial charge in [-0.2, -0.15) is 10.5 Å². The van der Waals surface area contributed by atoms with Crippen molar-refractivity contribution in [2.45, 2.75) is 48.5 Å². The Hall–Kier alpha value is -6.30. The van der Waals surface area contributed by atoms with E-state index in [0.717, 1.165) is 27.8 Å². The van der Waals surface area contributed by atoms with E-state index in [1.165, 1.54) is 11.1 Å². The molecule has 0 bridgehead atoms. The number of nitrogens with one attached hydrogen (secondary N) is 1. The lowest BCUT2D eigenvalue weighted by atomic mass is 9.89. The summed E-state index contributed by atoms with van der Waals surface area (Å²) in [5, 5.41) is 24.9. The van der Waals surface area contributed by atoms with Crippen molar-refractivity contribution in [3.63, 3.8) is 0 Å². The summed E-state index contributed by atoms with van der Waals surface area (Å²) in [5.41, 5.74) is 16.3. The molecule has 1 aliphatic rings. The molecule has 2 aromatic carbocycles. The first-order valence-electron chi connectivity index (χ1n) is 13.3. The van der Waals surface area contributed by atoms with Crippen molar-refractivity contribution < 1.29 is 0 Å². The Balaban J connectivity index is 0.000000183. The van der Waals surface area contributed by atoms with Crippen LogP contribution in [0.2, 0.25) is 0 Å². The van der Waals surface area contributed by atoms with Crippen LogP contribution in [0.15, 0.2) is 35.3 Å². The van der Waals surface area contributed by atoms with Gasteiger partial charge in [-0.1, -0.05) is 43.5 Å². The van der Waals surface area contributed by atoms with Gasteiger partial charge in [0.15, 0.2) is 22.9 Å². The molecule has 216 valence electrons. The molecule has 0 amide bonds. The highest BCUT2D eigenvalue weighted by Crippen LogP contribution is 2.31. The smallest absolute Gasteiger partial charge is 0.294 e. The molecular formula is C33H29N11. The van der Waals surface area contributed by atoms with Crippen LogP contribution >= 0.6 is 0 Å². The van der Waals surface area contributed by atoms with E-state index in [4.69, 9.17) is 34.8 Å². The maximum absolute atomic E-state index is 8.56. The summed E-state index contributed by atoms with van der Waals surface area (Å²) in [4.78, 5) is 26.6. The van der Waals surface area contributed by atoms with Gasteiger partial charge in [0.25, 0.3) is 11.6 Å². The molecule has 5 rings (SSSR count). The molecule has 0 aliphatic carbocycles. The van der Waals surface area contributed by atoms with Gasteiger partial charge < -0.3 is 15.4 Å². The number of amidine groups is 2. The van der Waals surface area contributed by atoms with Crippen molar-refractivity contribution in [2.24, 2.45) is 10.7 Å². The van der Waals surface area contributed by atoms with E-state index < -0.39 is 0 Å². The Labute approximate surface area is 256 Å². The molecule has 44 heavy (non-hydrogen) atoms. The standard InChI is InChI=1S/C13H8N4.C12H15N3.C8H6N4/c1-9-11(10-7-5-4-6-8-10)17-13(15-3)12(14-2)16-9;1-5-6(2)8(4)10-9(7(5)3)11(13)15-12(10)14;1-5-6(2)12-8(4-10)7(3-9)11-5/h4-8H,1H3;1-4H3,(H3,13,14,15);1-2H3.